The Hall–Kier alpha value is -1.40. The minimum atomic E-state index is 0.698. The SMILES string of the molecule is CC.CC1CN(Cc2cc(C#N)ccn2)C1. The maximum absolute atomic E-state index is 8.72. The van der Waals surface area contributed by atoms with Crippen molar-refractivity contribution in [2.24, 2.45) is 5.92 Å². The summed E-state index contributed by atoms with van der Waals surface area (Å²) in [6.45, 7) is 9.42. The summed E-state index contributed by atoms with van der Waals surface area (Å²) in [5.41, 5.74) is 1.69. The predicted octanol–water partition coefficient (Wildman–Crippen LogP) is 2.43. The van der Waals surface area contributed by atoms with Gasteiger partial charge in [-0.1, -0.05) is 20.8 Å². The van der Waals surface area contributed by atoms with Crippen LogP contribution in [0.2, 0.25) is 0 Å². The molecular formula is C13H19N3. The van der Waals surface area contributed by atoms with Gasteiger partial charge in [0.1, 0.15) is 0 Å². The van der Waals surface area contributed by atoms with Gasteiger partial charge in [-0.2, -0.15) is 5.26 Å². The van der Waals surface area contributed by atoms with E-state index in [1.807, 2.05) is 19.9 Å². The van der Waals surface area contributed by atoms with E-state index >= 15 is 0 Å². The molecule has 16 heavy (non-hydrogen) atoms. The van der Waals surface area contributed by atoms with Crippen LogP contribution in [0.5, 0.6) is 0 Å². The zero-order valence-electron chi connectivity index (χ0n) is 10.3. The van der Waals surface area contributed by atoms with Crippen molar-refractivity contribution in [3.8, 4) is 6.07 Å². The summed E-state index contributed by atoms with van der Waals surface area (Å²) >= 11 is 0. The smallest absolute Gasteiger partial charge is 0.0992 e. The highest BCUT2D eigenvalue weighted by atomic mass is 15.2. The number of likely N-dealkylation sites (tertiary alicyclic amines) is 1. The molecule has 0 spiro atoms. The Bertz CT molecular complexity index is 362. The lowest BCUT2D eigenvalue weighted by Gasteiger charge is -2.36. The lowest BCUT2D eigenvalue weighted by molar-refractivity contribution is 0.103. The summed E-state index contributed by atoms with van der Waals surface area (Å²) in [6.07, 6.45) is 1.71. The topological polar surface area (TPSA) is 39.9 Å². The quantitative estimate of drug-likeness (QED) is 0.764. The largest absolute Gasteiger partial charge is 0.297 e. The van der Waals surface area contributed by atoms with Crippen LogP contribution >= 0.6 is 0 Å². The summed E-state index contributed by atoms with van der Waals surface area (Å²) in [4.78, 5) is 6.58. The summed E-state index contributed by atoms with van der Waals surface area (Å²) in [5.74, 6) is 0.814. The van der Waals surface area contributed by atoms with Crippen LogP contribution in [0.15, 0.2) is 18.3 Å². The zero-order chi connectivity index (χ0) is 12.0. The minimum absolute atomic E-state index is 0.698. The summed E-state index contributed by atoms with van der Waals surface area (Å²) in [7, 11) is 0. The molecule has 0 aromatic carbocycles. The van der Waals surface area contributed by atoms with Crippen molar-refractivity contribution in [1.29, 1.82) is 5.26 Å². The third-order valence-electron chi connectivity index (χ3n) is 2.47. The van der Waals surface area contributed by atoms with Gasteiger partial charge in [-0.15, -0.1) is 0 Å². The van der Waals surface area contributed by atoms with Gasteiger partial charge in [-0.25, -0.2) is 0 Å². The molecule has 0 unspecified atom stereocenters. The Kier molecular flexibility index (Phi) is 4.94. The maximum atomic E-state index is 8.72. The van der Waals surface area contributed by atoms with Gasteiger partial charge in [0.25, 0.3) is 0 Å². The van der Waals surface area contributed by atoms with Crippen LogP contribution in [0.4, 0.5) is 0 Å². The molecule has 1 fully saturated rings. The van der Waals surface area contributed by atoms with Crippen LogP contribution < -0.4 is 0 Å². The number of hydrogen-bond donors (Lipinski definition) is 0. The monoisotopic (exact) mass is 217 g/mol. The fourth-order valence-electron chi connectivity index (χ4n) is 1.82. The van der Waals surface area contributed by atoms with E-state index in [4.69, 9.17) is 5.26 Å². The molecule has 0 atom stereocenters. The molecule has 1 aliphatic rings. The van der Waals surface area contributed by atoms with Gasteiger partial charge in [-0.05, 0) is 18.1 Å². The van der Waals surface area contributed by atoms with Crippen molar-refractivity contribution in [3.63, 3.8) is 0 Å². The first-order chi connectivity index (χ1) is 7.78. The molecule has 3 heteroatoms. The highest BCUT2D eigenvalue weighted by Gasteiger charge is 2.22. The van der Waals surface area contributed by atoms with E-state index in [0.29, 0.717) is 5.56 Å². The van der Waals surface area contributed by atoms with E-state index in [9.17, 15) is 0 Å². The van der Waals surface area contributed by atoms with Crippen LogP contribution in [0.25, 0.3) is 0 Å². The second kappa shape index (κ2) is 6.24. The number of aromatic nitrogens is 1. The van der Waals surface area contributed by atoms with E-state index in [-0.39, 0.29) is 0 Å². The standard InChI is InChI=1S/C11H13N3.C2H6/c1-9-6-14(7-9)8-11-4-10(5-12)2-3-13-11;1-2/h2-4,9H,6-8H2,1H3;1-2H3. The molecule has 3 nitrogen and oxygen atoms in total. The van der Waals surface area contributed by atoms with Crippen LogP contribution in [0, 0.1) is 17.2 Å². The first kappa shape index (κ1) is 12.7. The molecule has 1 aromatic heterocycles. The second-order valence-electron chi connectivity index (χ2n) is 3.95. The van der Waals surface area contributed by atoms with Crippen LogP contribution in [-0.2, 0) is 6.54 Å². The molecule has 0 aliphatic carbocycles. The van der Waals surface area contributed by atoms with Crippen molar-refractivity contribution in [3.05, 3.63) is 29.6 Å². The van der Waals surface area contributed by atoms with Gasteiger partial charge in [0.2, 0.25) is 0 Å². The molecule has 1 saturated heterocycles. The van der Waals surface area contributed by atoms with Gasteiger partial charge in [0.05, 0.1) is 17.3 Å². The number of pyridine rings is 1. The Morgan fingerprint density at radius 3 is 2.75 bits per heavy atom. The molecule has 0 N–H and O–H groups in total. The van der Waals surface area contributed by atoms with E-state index in [1.54, 1.807) is 12.3 Å². The fourth-order valence-corrected chi connectivity index (χ4v) is 1.82. The molecule has 86 valence electrons. The van der Waals surface area contributed by atoms with Gasteiger partial charge >= 0.3 is 0 Å². The maximum Gasteiger partial charge on any atom is 0.0992 e. The molecule has 1 aromatic rings. The van der Waals surface area contributed by atoms with Gasteiger partial charge < -0.3 is 0 Å². The van der Waals surface area contributed by atoms with Crippen LogP contribution in [-0.4, -0.2) is 23.0 Å². The summed E-state index contributed by atoms with van der Waals surface area (Å²) in [5, 5.41) is 8.72. The molecule has 2 rings (SSSR count). The Morgan fingerprint density at radius 1 is 1.50 bits per heavy atom. The number of nitriles is 1. The molecule has 0 bridgehead atoms. The molecule has 0 radical (unpaired) electrons. The predicted molar refractivity (Wildman–Crippen MR) is 64.7 cm³/mol. The Labute approximate surface area is 97.7 Å². The number of hydrogen-bond acceptors (Lipinski definition) is 3. The molecule has 2 heterocycles. The van der Waals surface area contributed by atoms with Crippen LogP contribution in [0.3, 0.4) is 0 Å². The zero-order valence-corrected chi connectivity index (χ0v) is 10.3. The third-order valence-corrected chi connectivity index (χ3v) is 2.47. The van der Waals surface area contributed by atoms with Crippen molar-refractivity contribution < 1.29 is 0 Å². The fraction of sp³-hybridized carbons (Fsp3) is 0.538. The first-order valence-electron chi connectivity index (χ1n) is 5.85. The van der Waals surface area contributed by atoms with E-state index in [0.717, 1.165) is 31.2 Å². The van der Waals surface area contributed by atoms with Gasteiger partial charge in [-0.3, -0.25) is 9.88 Å². The number of nitrogens with zero attached hydrogens (tertiary/aromatic N) is 3. The normalized spacial score (nSPS) is 15.6. The minimum Gasteiger partial charge on any atom is -0.297 e. The summed E-state index contributed by atoms with van der Waals surface area (Å²) in [6, 6.07) is 5.73. The Morgan fingerprint density at radius 2 is 2.19 bits per heavy atom. The van der Waals surface area contributed by atoms with Crippen molar-refractivity contribution >= 4 is 0 Å². The van der Waals surface area contributed by atoms with Gasteiger partial charge in [0, 0.05) is 25.8 Å². The van der Waals surface area contributed by atoms with E-state index in [1.165, 1.54) is 0 Å². The summed E-state index contributed by atoms with van der Waals surface area (Å²) < 4.78 is 0. The van der Waals surface area contributed by atoms with Crippen molar-refractivity contribution in [2.75, 3.05) is 13.1 Å². The third kappa shape index (κ3) is 3.32. The molecular weight excluding hydrogens is 198 g/mol. The van der Waals surface area contributed by atoms with E-state index < -0.39 is 0 Å². The second-order valence-corrected chi connectivity index (χ2v) is 3.95. The highest BCUT2D eigenvalue weighted by Crippen LogP contribution is 2.16. The van der Waals surface area contributed by atoms with Crippen molar-refractivity contribution in [2.45, 2.75) is 27.3 Å². The molecule has 0 amide bonds. The van der Waals surface area contributed by atoms with E-state index in [2.05, 4.69) is 22.9 Å². The average Bonchev–Trinajstić information content (AvgIpc) is 2.30. The van der Waals surface area contributed by atoms with Gasteiger partial charge in [0.15, 0.2) is 0 Å². The lowest BCUT2D eigenvalue weighted by Crippen LogP contribution is -2.44. The Balaban J connectivity index is 0.000000606. The lowest BCUT2D eigenvalue weighted by atomic mass is 10.0. The molecule has 0 saturated carbocycles. The first-order valence-corrected chi connectivity index (χ1v) is 5.85. The van der Waals surface area contributed by atoms with Crippen LogP contribution in [0.1, 0.15) is 32.0 Å². The number of rotatable bonds is 2. The molecule has 1 aliphatic heterocycles. The van der Waals surface area contributed by atoms with Crippen molar-refractivity contribution in [1.82, 2.24) is 9.88 Å². The average molecular weight is 217 g/mol. The highest BCUT2D eigenvalue weighted by molar-refractivity contribution is 5.28.